The molecule has 0 saturated heterocycles. The van der Waals surface area contributed by atoms with Gasteiger partial charge in [-0.1, -0.05) is 13.8 Å². The van der Waals surface area contributed by atoms with Gasteiger partial charge in [-0.05, 0) is 36.8 Å². The molecule has 0 radical (unpaired) electrons. The molecule has 3 rings (SSSR count). The smallest absolute Gasteiger partial charge is 0.192 e. The van der Waals surface area contributed by atoms with Gasteiger partial charge in [0.15, 0.2) is 5.43 Å². The number of pyridine rings is 1. The molecule has 0 unspecified atom stereocenters. The Balaban J connectivity index is 2.25. The van der Waals surface area contributed by atoms with E-state index >= 15 is 0 Å². The number of hydrogen-bond acceptors (Lipinski definition) is 2. The first-order valence-electron chi connectivity index (χ1n) is 6.72. The van der Waals surface area contributed by atoms with Crippen LogP contribution in [0, 0.1) is 5.41 Å². The van der Waals surface area contributed by atoms with Crippen molar-refractivity contribution in [2.24, 2.45) is 5.41 Å². The maximum atomic E-state index is 12.5. The molecule has 19 heavy (non-hydrogen) atoms. The number of aromatic amines is 1. The predicted molar refractivity (Wildman–Crippen MR) is 76.9 cm³/mol. The maximum absolute atomic E-state index is 12.5. The highest BCUT2D eigenvalue weighted by Gasteiger charge is 2.27. The largest absolute Gasteiger partial charge is 0.497 e. The highest BCUT2D eigenvalue weighted by atomic mass is 16.5. The van der Waals surface area contributed by atoms with Crippen LogP contribution in [0.5, 0.6) is 5.75 Å². The zero-order valence-corrected chi connectivity index (χ0v) is 11.7. The third kappa shape index (κ3) is 2.03. The molecule has 2 aromatic rings. The molecule has 0 spiro atoms. The van der Waals surface area contributed by atoms with Crippen molar-refractivity contribution in [1.29, 1.82) is 0 Å². The lowest BCUT2D eigenvalue weighted by molar-refractivity contribution is 0.310. The number of rotatable bonds is 1. The van der Waals surface area contributed by atoms with Crippen molar-refractivity contribution in [2.75, 3.05) is 7.11 Å². The molecule has 1 aliphatic carbocycles. The van der Waals surface area contributed by atoms with Gasteiger partial charge in [0.25, 0.3) is 0 Å². The van der Waals surface area contributed by atoms with Crippen LogP contribution in [0.1, 0.15) is 31.5 Å². The van der Waals surface area contributed by atoms with Gasteiger partial charge in [-0.15, -0.1) is 0 Å². The third-order valence-electron chi connectivity index (χ3n) is 4.10. The molecule has 3 heteroatoms. The second-order valence-corrected chi connectivity index (χ2v) is 6.16. The molecule has 1 aromatic heterocycles. The topological polar surface area (TPSA) is 42.1 Å². The van der Waals surface area contributed by atoms with Gasteiger partial charge in [-0.3, -0.25) is 4.79 Å². The summed E-state index contributed by atoms with van der Waals surface area (Å²) in [6.45, 7) is 4.51. The SMILES string of the molecule is COc1ccc2c(=O)c3c([nH]c2c1)CC(C)(C)CC3. The Morgan fingerprint density at radius 2 is 2.11 bits per heavy atom. The fourth-order valence-electron chi connectivity index (χ4n) is 2.93. The van der Waals surface area contributed by atoms with Crippen LogP contribution >= 0.6 is 0 Å². The Hall–Kier alpha value is -1.77. The number of methoxy groups -OCH3 is 1. The van der Waals surface area contributed by atoms with E-state index in [1.165, 1.54) is 0 Å². The number of H-pyrrole nitrogens is 1. The van der Waals surface area contributed by atoms with Crippen LogP contribution in [0.2, 0.25) is 0 Å². The Morgan fingerprint density at radius 1 is 1.32 bits per heavy atom. The summed E-state index contributed by atoms with van der Waals surface area (Å²) in [5, 5.41) is 0.763. The molecule has 0 aliphatic heterocycles. The number of nitrogens with one attached hydrogen (secondary N) is 1. The van der Waals surface area contributed by atoms with Gasteiger partial charge in [-0.2, -0.15) is 0 Å². The van der Waals surface area contributed by atoms with Gasteiger partial charge in [0.1, 0.15) is 5.75 Å². The molecule has 100 valence electrons. The van der Waals surface area contributed by atoms with Gasteiger partial charge in [0.2, 0.25) is 0 Å². The van der Waals surface area contributed by atoms with Crippen LogP contribution in [0.4, 0.5) is 0 Å². The van der Waals surface area contributed by atoms with E-state index in [0.717, 1.165) is 47.2 Å². The van der Waals surface area contributed by atoms with Gasteiger partial charge >= 0.3 is 0 Å². The minimum absolute atomic E-state index is 0.182. The zero-order chi connectivity index (χ0) is 13.6. The third-order valence-corrected chi connectivity index (χ3v) is 4.10. The lowest BCUT2D eigenvalue weighted by atomic mass is 9.76. The molecular formula is C16H19NO2. The molecule has 1 aromatic carbocycles. The minimum Gasteiger partial charge on any atom is -0.497 e. The van der Waals surface area contributed by atoms with Crippen molar-refractivity contribution in [2.45, 2.75) is 33.1 Å². The molecular weight excluding hydrogens is 238 g/mol. The van der Waals surface area contributed by atoms with E-state index in [2.05, 4.69) is 18.8 Å². The van der Waals surface area contributed by atoms with E-state index in [0.29, 0.717) is 0 Å². The summed E-state index contributed by atoms with van der Waals surface area (Å²) >= 11 is 0. The monoisotopic (exact) mass is 257 g/mol. The standard InChI is InChI=1S/C16H19NO2/c1-16(2)7-6-12-14(9-16)17-13-8-10(19-3)4-5-11(13)15(12)18/h4-5,8H,6-7,9H2,1-3H3,(H,17,18). The fraction of sp³-hybridized carbons (Fsp3) is 0.438. The van der Waals surface area contributed by atoms with E-state index < -0.39 is 0 Å². The van der Waals surface area contributed by atoms with Crippen molar-refractivity contribution in [3.63, 3.8) is 0 Å². The summed E-state index contributed by atoms with van der Waals surface area (Å²) in [5.41, 5.74) is 3.39. The summed E-state index contributed by atoms with van der Waals surface area (Å²) in [7, 11) is 1.64. The second-order valence-electron chi connectivity index (χ2n) is 6.16. The van der Waals surface area contributed by atoms with Crippen molar-refractivity contribution in [1.82, 2.24) is 4.98 Å². The van der Waals surface area contributed by atoms with Crippen LogP contribution in [-0.2, 0) is 12.8 Å². The van der Waals surface area contributed by atoms with E-state index in [9.17, 15) is 4.79 Å². The first kappa shape index (κ1) is 12.3. The minimum atomic E-state index is 0.182. The van der Waals surface area contributed by atoms with Gasteiger partial charge < -0.3 is 9.72 Å². The quantitative estimate of drug-likeness (QED) is 0.853. The first-order valence-corrected chi connectivity index (χ1v) is 6.72. The molecule has 0 fully saturated rings. The molecule has 0 amide bonds. The highest BCUT2D eigenvalue weighted by Crippen LogP contribution is 2.33. The summed E-state index contributed by atoms with van der Waals surface area (Å²) in [5.74, 6) is 0.776. The van der Waals surface area contributed by atoms with Crippen LogP contribution < -0.4 is 10.2 Å². The van der Waals surface area contributed by atoms with E-state index in [4.69, 9.17) is 4.74 Å². The number of hydrogen-bond donors (Lipinski definition) is 1. The summed E-state index contributed by atoms with van der Waals surface area (Å²) < 4.78 is 5.23. The molecule has 0 atom stereocenters. The summed E-state index contributed by atoms with van der Waals surface area (Å²) in [4.78, 5) is 16.0. The van der Waals surface area contributed by atoms with Crippen molar-refractivity contribution in [3.05, 3.63) is 39.7 Å². The summed E-state index contributed by atoms with van der Waals surface area (Å²) in [6.07, 6.45) is 2.88. The molecule has 0 saturated carbocycles. The van der Waals surface area contributed by atoms with Crippen LogP contribution in [0.25, 0.3) is 10.9 Å². The normalized spacial score (nSPS) is 17.2. The Labute approximate surface area is 112 Å². The van der Waals surface area contributed by atoms with E-state index in [1.54, 1.807) is 7.11 Å². The Bertz CT molecular complexity index is 698. The van der Waals surface area contributed by atoms with Crippen LogP contribution in [0.15, 0.2) is 23.0 Å². The Kier molecular flexibility index (Phi) is 2.66. The molecule has 1 heterocycles. The molecule has 0 bridgehead atoms. The molecule has 3 nitrogen and oxygen atoms in total. The summed E-state index contributed by atoms with van der Waals surface area (Å²) in [6, 6.07) is 5.60. The average Bonchev–Trinajstić information content (AvgIpc) is 2.36. The lowest BCUT2D eigenvalue weighted by Crippen LogP contribution is -2.28. The van der Waals surface area contributed by atoms with Crippen molar-refractivity contribution >= 4 is 10.9 Å². The second kappa shape index (κ2) is 4.12. The fourth-order valence-corrected chi connectivity index (χ4v) is 2.93. The number of aromatic nitrogens is 1. The number of benzene rings is 1. The van der Waals surface area contributed by atoms with Crippen LogP contribution in [-0.4, -0.2) is 12.1 Å². The van der Waals surface area contributed by atoms with E-state index in [1.807, 2.05) is 18.2 Å². The zero-order valence-electron chi connectivity index (χ0n) is 11.7. The Morgan fingerprint density at radius 3 is 2.84 bits per heavy atom. The van der Waals surface area contributed by atoms with Gasteiger partial charge in [0.05, 0.1) is 12.6 Å². The van der Waals surface area contributed by atoms with Crippen molar-refractivity contribution in [3.8, 4) is 5.75 Å². The highest BCUT2D eigenvalue weighted by molar-refractivity contribution is 5.81. The van der Waals surface area contributed by atoms with Crippen molar-refractivity contribution < 1.29 is 4.74 Å². The number of ether oxygens (including phenoxy) is 1. The average molecular weight is 257 g/mol. The van der Waals surface area contributed by atoms with E-state index in [-0.39, 0.29) is 10.8 Å². The predicted octanol–water partition coefficient (Wildman–Crippen LogP) is 3.05. The first-order chi connectivity index (χ1) is 9.00. The molecule has 1 N–H and O–H groups in total. The maximum Gasteiger partial charge on any atom is 0.192 e. The van der Waals surface area contributed by atoms with Gasteiger partial charge in [-0.25, -0.2) is 0 Å². The van der Waals surface area contributed by atoms with Crippen LogP contribution in [0.3, 0.4) is 0 Å². The molecule has 1 aliphatic rings. The lowest BCUT2D eigenvalue weighted by Gasteiger charge is -2.30. The number of fused-ring (bicyclic) bond motifs is 2. The van der Waals surface area contributed by atoms with Gasteiger partial charge in [0, 0.05) is 22.7 Å².